The largest absolute Gasteiger partial charge is 0.464 e. The average Bonchev–Trinajstić information content (AvgIpc) is 3.01. The third kappa shape index (κ3) is 4.19. The minimum absolute atomic E-state index is 0.0273. The predicted octanol–water partition coefficient (Wildman–Crippen LogP) is 3.06. The van der Waals surface area contributed by atoms with Gasteiger partial charge < -0.3 is 14.6 Å². The van der Waals surface area contributed by atoms with Crippen LogP contribution in [0.15, 0.2) is 16.5 Å². The Labute approximate surface area is 143 Å². The van der Waals surface area contributed by atoms with Gasteiger partial charge in [-0.25, -0.2) is 0 Å². The zero-order valence-corrected chi connectivity index (χ0v) is 14.7. The summed E-state index contributed by atoms with van der Waals surface area (Å²) in [7, 11) is 1.78. The molecule has 2 aliphatic rings. The van der Waals surface area contributed by atoms with E-state index in [9.17, 15) is 9.59 Å². The Morgan fingerprint density at radius 2 is 2.00 bits per heavy atom. The summed E-state index contributed by atoms with van der Waals surface area (Å²) in [6.45, 7) is 3.13. The highest BCUT2D eigenvalue weighted by Gasteiger charge is 2.36. The number of furan rings is 1. The zero-order valence-electron chi connectivity index (χ0n) is 14.7. The van der Waals surface area contributed by atoms with Gasteiger partial charge in [-0.1, -0.05) is 19.8 Å². The second-order valence-corrected chi connectivity index (χ2v) is 7.40. The molecule has 0 saturated heterocycles. The number of carbonyl (C=O) groups is 2. The summed E-state index contributed by atoms with van der Waals surface area (Å²) in [4.78, 5) is 25.8. The second-order valence-electron chi connectivity index (χ2n) is 7.40. The van der Waals surface area contributed by atoms with Crippen molar-refractivity contribution in [3.63, 3.8) is 0 Å². The van der Waals surface area contributed by atoms with Crippen LogP contribution in [0.2, 0.25) is 0 Å². The number of carbonyl (C=O) groups excluding carboxylic acids is 2. The zero-order chi connectivity index (χ0) is 17.1. The third-order valence-electron chi connectivity index (χ3n) is 5.34. The Morgan fingerprint density at radius 1 is 1.29 bits per heavy atom. The Hall–Kier alpha value is -1.78. The van der Waals surface area contributed by atoms with Gasteiger partial charge in [0.05, 0.1) is 6.54 Å². The first-order chi connectivity index (χ1) is 11.5. The summed E-state index contributed by atoms with van der Waals surface area (Å²) in [6, 6.07) is 4.00. The molecule has 1 aromatic rings. The monoisotopic (exact) mass is 332 g/mol. The smallest absolute Gasteiger partial charge is 0.224 e. The van der Waals surface area contributed by atoms with Gasteiger partial charge in [0, 0.05) is 31.8 Å². The quantitative estimate of drug-likeness (QED) is 0.835. The van der Waals surface area contributed by atoms with Crippen LogP contribution in [0.1, 0.15) is 62.9 Å². The number of nitrogens with one attached hydrogen (secondary N) is 1. The molecule has 0 bridgehead atoms. The molecule has 0 aromatic carbocycles. The Balaban J connectivity index is 1.38. The normalized spacial score (nSPS) is 23.2. The van der Waals surface area contributed by atoms with E-state index in [1.807, 2.05) is 12.1 Å². The summed E-state index contributed by atoms with van der Waals surface area (Å²) in [5.41, 5.74) is 0. The molecule has 1 heterocycles. The van der Waals surface area contributed by atoms with E-state index in [1.54, 1.807) is 11.9 Å². The lowest BCUT2D eigenvalue weighted by atomic mass is 10.1. The van der Waals surface area contributed by atoms with E-state index < -0.39 is 0 Å². The lowest BCUT2D eigenvalue weighted by Gasteiger charge is -2.16. The van der Waals surface area contributed by atoms with Crippen molar-refractivity contribution in [1.29, 1.82) is 0 Å². The first-order valence-corrected chi connectivity index (χ1v) is 9.15. The summed E-state index contributed by atoms with van der Waals surface area (Å²) in [6.07, 6.45) is 5.79. The van der Waals surface area contributed by atoms with Crippen molar-refractivity contribution in [2.75, 3.05) is 13.6 Å². The number of hydrogen-bond acceptors (Lipinski definition) is 3. The fraction of sp³-hybridized carbons (Fsp3) is 0.684. The van der Waals surface area contributed by atoms with E-state index in [4.69, 9.17) is 4.42 Å². The fourth-order valence-electron chi connectivity index (χ4n) is 3.54. The molecule has 0 unspecified atom stereocenters. The van der Waals surface area contributed by atoms with Crippen LogP contribution >= 0.6 is 0 Å². The fourth-order valence-corrected chi connectivity index (χ4v) is 3.54. The first kappa shape index (κ1) is 17.1. The molecule has 2 aliphatic carbocycles. The molecule has 5 nitrogen and oxygen atoms in total. The first-order valence-electron chi connectivity index (χ1n) is 9.15. The molecule has 132 valence electrons. The van der Waals surface area contributed by atoms with Gasteiger partial charge in [0.15, 0.2) is 0 Å². The molecule has 2 amide bonds. The number of hydrogen-bond donors (Lipinski definition) is 1. The van der Waals surface area contributed by atoms with Crippen LogP contribution in [-0.4, -0.2) is 30.3 Å². The van der Waals surface area contributed by atoms with E-state index in [-0.39, 0.29) is 17.7 Å². The van der Waals surface area contributed by atoms with E-state index in [0.717, 1.165) is 37.2 Å². The molecule has 2 atom stereocenters. The minimum atomic E-state index is 0.0273. The van der Waals surface area contributed by atoms with Crippen molar-refractivity contribution in [3.05, 3.63) is 23.7 Å². The highest BCUT2D eigenvalue weighted by Crippen LogP contribution is 2.47. The molecule has 5 heteroatoms. The second kappa shape index (κ2) is 7.41. The third-order valence-corrected chi connectivity index (χ3v) is 5.34. The summed E-state index contributed by atoms with van der Waals surface area (Å²) in [5, 5.41) is 2.90. The van der Waals surface area contributed by atoms with Gasteiger partial charge in [0.1, 0.15) is 11.5 Å². The minimum Gasteiger partial charge on any atom is -0.464 e. The lowest BCUT2D eigenvalue weighted by molar-refractivity contribution is -0.130. The Kier molecular flexibility index (Phi) is 5.27. The highest BCUT2D eigenvalue weighted by molar-refractivity contribution is 5.80. The maximum absolute atomic E-state index is 12.2. The molecule has 2 saturated carbocycles. The van der Waals surface area contributed by atoms with Crippen molar-refractivity contribution < 1.29 is 14.0 Å². The molecule has 24 heavy (non-hydrogen) atoms. The average molecular weight is 332 g/mol. The summed E-state index contributed by atoms with van der Waals surface area (Å²) in [5.74, 6) is 3.44. The molecule has 2 fully saturated rings. The lowest BCUT2D eigenvalue weighted by Crippen LogP contribution is -2.34. The van der Waals surface area contributed by atoms with E-state index in [0.29, 0.717) is 31.3 Å². The molecule has 1 aromatic heterocycles. The SMILES string of the molecule is C[C@@H]1C[C@H]1c1ccc(CN(C)C(=O)CCNC(=O)C2CCCC2)o1. The Bertz CT molecular complexity index is 589. The molecule has 1 N–H and O–H groups in total. The van der Waals surface area contributed by atoms with Crippen LogP contribution in [0, 0.1) is 11.8 Å². The van der Waals surface area contributed by atoms with E-state index >= 15 is 0 Å². The van der Waals surface area contributed by atoms with Crippen LogP contribution < -0.4 is 5.32 Å². The molecular weight excluding hydrogens is 304 g/mol. The van der Waals surface area contributed by atoms with Crippen molar-refractivity contribution >= 4 is 11.8 Å². The van der Waals surface area contributed by atoms with Crippen molar-refractivity contribution in [3.8, 4) is 0 Å². The van der Waals surface area contributed by atoms with Gasteiger partial charge in [0.25, 0.3) is 0 Å². The summed E-state index contributed by atoms with van der Waals surface area (Å²) >= 11 is 0. The highest BCUT2D eigenvalue weighted by atomic mass is 16.3. The number of rotatable bonds is 7. The van der Waals surface area contributed by atoms with Gasteiger partial charge in [-0.15, -0.1) is 0 Å². The van der Waals surface area contributed by atoms with E-state index in [1.165, 1.54) is 6.42 Å². The molecule has 0 radical (unpaired) electrons. The van der Waals surface area contributed by atoms with Crippen LogP contribution in [0.5, 0.6) is 0 Å². The van der Waals surface area contributed by atoms with Gasteiger partial charge in [-0.2, -0.15) is 0 Å². The molecule has 0 aliphatic heterocycles. The van der Waals surface area contributed by atoms with Gasteiger partial charge in [0.2, 0.25) is 11.8 Å². The van der Waals surface area contributed by atoms with Gasteiger partial charge >= 0.3 is 0 Å². The van der Waals surface area contributed by atoms with Crippen molar-refractivity contribution in [2.45, 2.75) is 57.9 Å². The van der Waals surface area contributed by atoms with Crippen LogP contribution in [0.3, 0.4) is 0 Å². The topological polar surface area (TPSA) is 62.6 Å². The molecular formula is C19H28N2O3. The standard InChI is InChI=1S/C19H28N2O3/c1-13-11-16(13)17-8-7-15(24-17)12-21(2)18(22)9-10-20-19(23)14-5-3-4-6-14/h7-8,13-14,16H,3-6,9-12H2,1-2H3,(H,20,23)/t13-,16-/m1/s1. The predicted molar refractivity (Wildman–Crippen MR) is 91.3 cm³/mol. The maximum atomic E-state index is 12.2. The van der Waals surface area contributed by atoms with Crippen LogP contribution in [-0.2, 0) is 16.1 Å². The van der Waals surface area contributed by atoms with Crippen molar-refractivity contribution in [1.82, 2.24) is 10.2 Å². The maximum Gasteiger partial charge on any atom is 0.224 e. The summed E-state index contributed by atoms with van der Waals surface area (Å²) < 4.78 is 5.85. The molecule has 0 spiro atoms. The molecule has 3 rings (SSSR count). The number of nitrogens with zero attached hydrogens (tertiary/aromatic N) is 1. The number of amides is 2. The Morgan fingerprint density at radius 3 is 2.67 bits per heavy atom. The van der Waals surface area contributed by atoms with Crippen LogP contribution in [0.25, 0.3) is 0 Å². The van der Waals surface area contributed by atoms with Crippen molar-refractivity contribution in [2.24, 2.45) is 11.8 Å². The van der Waals surface area contributed by atoms with E-state index in [2.05, 4.69) is 12.2 Å². The van der Waals surface area contributed by atoms with Gasteiger partial charge in [-0.05, 0) is 37.3 Å². The van der Waals surface area contributed by atoms with Gasteiger partial charge in [-0.3, -0.25) is 9.59 Å². The van der Waals surface area contributed by atoms with Crippen LogP contribution in [0.4, 0.5) is 0 Å².